The van der Waals surface area contributed by atoms with Crippen molar-refractivity contribution in [3.05, 3.63) is 65.5 Å². The summed E-state index contributed by atoms with van der Waals surface area (Å²) in [7, 11) is 1.58. The predicted molar refractivity (Wildman–Crippen MR) is 111 cm³/mol. The second-order valence-electron chi connectivity index (χ2n) is 7.00. The van der Waals surface area contributed by atoms with Crippen LogP contribution in [0.25, 0.3) is 0 Å². The van der Waals surface area contributed by atoms with E-state index >= 15 is 0 Å². The first kappa shape index (κ1) is 22.4. The van der Waals surface area contributed by atoms with Gasteiger partial charge in [-0.05, 0) is 48.7 Å². The van der Waals surface area contributed by atoms with Crippen LogP contribution in [0.5, 0.6) is 5.75 Å². The molecule has 0 saturated carbocycles. The zero-order chi connectivity index (χ0) is 21.2. The number of amides is 2. The van der Waals surface area contributed by atoms with Crippen molar-refractivity contribution < 1.29 is 18.7 Å². The molecule has 156 valence electrons. The minimum Gasteiger partial charge on any atom is -0.497 e. The molecule has 0 aromatic heterocycles. The standard InChI is InChI=1S/C23H29FN2O3/c1-4-5-13-25-23(28)17(2)26(16-19-7-6-8-21(14-19)29-3)22(27)15-18-9-11-20(24)12-10-18/h6-12,14,17H,4-5,13,15-16H2,1-3H3,(H,25,28)/t17-/m1/s1. The van der Waals surface area contributed by atoms with Gasteiger partial charge in [-0.2, -0.15) is 0 Å². The van der Waals surface area contributed by atoms with Crippen LogP contribution < -0.4 is 10.1 Å². The van der Waals surface area contributed by atoms with Gasteiger partial charge in [-0.1, -0.05) is 37.6 Å². The number of hydrogen-bond acceptors (Lipinski definition) is 3. The van der Waals surface area contributed by atoms with Gasteiger partial charge in [-0.25, -0.2) is 4.39 Å². The van der Waals surface area contributed by atoms with Gasteiger partial charge in [0.1, 0.15) is 17.6 Å². The van der Waals surface area contributed by atoms with Gasteiger partial charge in [0.25, 0.3) is 0 Å². The average molecular weight is 400 g/mol. The molecule has 0 bridgehead atoms. The first-order chi connectivity index (χ1) is 13.9. The molecule has 29 heavy (non-hydrogen) atoms. The van der Waals surface area contributed by atoms with E-state index in [1.165, 1.54) is 12.1 Å². The monoisotopic (exact) mass is 400 g/mol. The molecule has 2 aromatic rings. The van der Waals surface area contributed by atoms with Crippen molar-refractivity contribution in [2.24, 2.45) is 0 Å². The van der Waals surface area contributed by atoms with E-state index < -0.39 is 6.04 Å². The van der Waals surface area contributed by atoms with Gasteiger partial charge >= 0.3 is 0 Å². The third-order valence-electron chi connectivity index (χ3n) is 4.75. The van der Waals surface area contributed by atoms with Gasteiger partial charge in [0.15, 0.2) is 0 Å². The highest BCUT2D eigenvalue weighted by Crippen LogP contribution is 2.17. The summed E-state index contributed by atoms with van der Waals surface area (Å²) >= 11 is 0. The Kier molecular flexibility index (Phi) is 8.65. The zero-order valence-electron chi connectivity index (χ0n) is 17.3. The average Bonchev–Trinajstić information content (AvgIpc) is 2.73. The van der Waals surface area contributed by atoms with Crippen LogP contribution in [-0.4, -0.2) is 36.4 Å². The van der Waals surface area contributed by atoms with E-state index in [1.807, 2.05) is 24.3 Å². The second-order valence-corrected chi connectivity index (χ2v) is 7.00. The number of hydrogen-bond donors (Lipinski definition) is 1. The largest absolute Gasteiger partial charge is 0.497 e. The van der Waals surface area contributed by atoms with Gasteiger partial charge in [0.05, 0.1) is 13.5 Å². The van der Waals surface area contributed by atoms with Crippen molar-refractivity contribution in [1.29, 1.82) is 0 Å². The minimum absolute atomic E-state index is 0.0941. The Bertz CT molecular complexity index is 808. The fourth-order valence-corrected chi connectivity index (χ4v) is 2.96. The van der Waals surface area contributed by atoms with Gasteiger partial charge < -0.3 is 15.0 Å². The highest BCUT2D eigenvalue weighted by Gasteiger charge is 2.26. The number of rotatable bonds is 10. The summed E-state index contributed by atoms with van der Waals surface area (Å²) in [4.78, 5) is 27.2. The molecule has 0 fully saturated rings. The number of benzene rings is 2. The Labute approximate surface area is 171 Å². The summed E-state index contributed by atoms with van der Waals surface area (Å²) in [5, 5.41) is 2.89. The Morgan fingerprint density at radius 1 is 1.14 bits per heavy atom. The van der Waals surface area contributed by atoms with E-state index in [9.17, 15) is 14.0 Å². The van der Waals surface area contributed by atoms with Crippen molar-refractivity contribution in [2.75, 3.05) is 13.7 Å². The Morgan fingerprint density at radius 2 is 1.86 bits per heavy atom. The number of ether oxygens (including phenoxy) is 1. The van der Waals surface area contributed by atoms with E-state index in [-0.39, 0.29) is 30.6 Å². The molecule has 2 rings (SSSR count). The van der Waals surface area contributed by atoms with E-state index in [2.05, 4.69) is 12.2 Å². The number of nitrogens with zero attached hydrogens (tertiary/aromatic N) is 1. The number of unbranched alkanes of at least 4 members (excludes halogenated alkanes) is 1. The normalized spacial score (nSPS) is 11.6. The number of halogens is 1. The number of carbonyl (C=O) groups excluding carboxylic acids is 2. The molecule has 1 atom stereocenters. The maximum Gasteiger partial charge on any atom is 0.242 e. The molecule has 0 aliphatic heterocycles. The highest BCUT2D eigenvalue weighted by atomic mass is 19.1. The van der Waals surface area contributed by atoms with Crippen LogP contribution in [-0.2, 0) is 22.6 Å². The number of carbonyl (C=O) groups is 2. The van der Waals surface area contributed by atoms with Crippen LogP contribution in [0.1, 0.15) is 37.8 Å². The molecule has 0 heterocycles. The molecule has 0 radical (unpaired) electrons. The van der Waals surface area contributed by atoms with Crippen LogP contribution in [0.15, 0.2) is 48.5 Å². The molecule has 0 aliphatic carbocycles. The molecule has 0 saturated heterocycles. The van der Waals surface area contributed by atoms with Crippen LogP contribution in [0, 0.1) is 5.82 Å². The molecule has 0 aliphatic rings. The Hall–Kier alpha value is -2.89. The molecular formula is C23H29FN2O3. The molecule has 5 nitrogen and oxygen atoms in total. The predicted octanol–water partition coefficient (Wildman–Crippen LogP) is 3.71. The molecule has 0 spiro atoms. The lowest BCUT2D eigenvalue weighted by Crippen LogP contribution is -2.48. The lowest BCUT2D eigenvalue weighted by molar-refractivity contribution is -0.140. The summed E-state index contributed by atoms with van der Waals surface area (Å²) in [5.41, 5.74) is 1.57. The summed E-state index contributed by atoms with van der Waals surface area (Å²) in [6, 6.07) is 12.6. The van der Waals surface area contributed by atoms with Crippen molar-refractivity contribution in [3.8, 4) is 5.75 Å². The first-order valence-corrected chi connectivity index (χ1v) is 9.89. The lowest BCUT2D eigenvalue weighted by Gasteiger charge is -2.29. The maximum absolute atomic E-state index is 13.2. The Balaban J connectivity index is 2.19. The highest BCUT2D eigenvalue weighted by molar-refractivity contribution is 5.88. The van der Waals surface area contributed by atoms with Gasteiger partial charge in [-0.15, -0.1) is 0 Å². The van der Waals surface area contributed by atoms with Gasteiger partial charge in [0.2, 0.25) is 11.8 Å². The Morgan fingerprint density at radius 3 is 2.52 bits per heavy atom. The summed E-state index contributed by atoms with van der Waals surface area (Å²) in [6.07, 6.45) is 1.96. The van der Waals surface area contributed by atoms with Crippen molar-refractivity contribution >= 4 is 11.8 Å². The van der Waals surface area contributed by atoms with Crippen molar-refractivity contribution in [1.82, 2.24) is 10.2 Å². The van der Waals surface area contributed by atoms with Crippen LogP contribution in [0.3, 0.4) is 0 Å². The smallest absolute Gasteiger partial charge is 0.242 e. The fourth-order valence-electron chi connectivity index (χ4n) is 2.96. The summed E-state index contributed by atoms with van der Waals surface area (Å²) < 4.78 is 18.4. The van der Waals surface area contributed by atoms with Crippen molar-refractivity contribution in [2.45, 2.75) is 45.7 Å². The third kappa shape index (κ3) is 6.89. The molecule has 6 heteroatoms. The number of nitrogens with one attached hydrogen (secondary N) is 1. The topological polar surface area (TPSA) is 58.6 Å². The zero-order valence-corrected chi connectivity index (χ0v) is 17.3. The second kappa shape index (κ2) is 11.2. The van der Waals surface area contributed by atoms with E-state index in [0.29, 0.717) is 17.9 Å². The van der Waals surface area contributed by atoms with Gasteiger partial charge in [0, 0.05) is 13.1 Å². The van der Waals surface area contributed by atoms with Crippen LogP contribution >= 0.6 is 0 Å². The van der Waals surface area contributed by atoms with Gasteiger partial charge in [-0.3, -0.25) is 9.59 Å². The van der Waals surface area contributed by atoms with Crippen LogP contribution in [0.4, 0.5) is 4.39 Å². The quantitative estimate of drug-likeness (QED) is 0.619. The van der Waals surface area contributed by atoms with Crippen molar-refractivity contribution in [3.63, 3.8) is 0 Å². The molecule has 0 unspecified atom stereocenters. The minimum atomic E-state index is -0.633. The summed E-state index contributed by atoms with van der Waals surface area (Å²) in [6.45, 7) is 4.64. The van der Waals surface area contributed by atoms with E-state index in [0.717, 1.165) is 18.4 Å². The number of methoxy groups -OCH3 is 1. The van der Waals surface area contributed by atoms with E-state index in [4.69, 9.17) is 4.74 Å². The van der Waals surface area contributed by atoms with Crippen LogP contribution in [0.2, 0.25) is 0 Å². The first-order valence-electron chi connectivity index (χ1n) is 9.89. The van der Waals surface area contributed by atoms with E-state index in [1.54, 1.807) is 31.1 Å². The lowest BCUT2D eigenvalue weighted by atomic mass is 10.1. The SMILES string of the molecule is CCCCNC(=O)[C@@H](C)N(Cc1cccc(OC)c1)C(=O)Cc1ccc(F)cc1. The summed E-state index contributed by atoms with van der Waals surface area (Å²) in [5.74, 6) is -0.0436. The fraction of sp³-hybridized carbons (Fsp3) is 0.391. The molecule has 2 aromatic carbocycles. The maximum atomic E-state index is 13.2. The molecule has 2 amide bonds. The molecular weight excluding hydrogens is 371 g/mol. The molecule has 1 N–H and O–H groups in total. The third-order valence-corrected chi connectivity index (χ3v) is 4.75.